The number of nitrogens with zero attached hydrogens (tertiary/aromatic N) is 1. The van der Waals surface area contributed by atoms with Crippen molar-refractivity contribution in [3.8, 4) is 11.5 Å². The van der Waals surface area contributed by atoms with Crippen LogP contribution in [0.3, 0.4) is 0 Å². The zero-order chi connectivity index (χ0) is 12.5. The van der Waals surface area contributed by atoms with E-state index in [9.17, 15) is 4.79 Å². The Balaban J connectivity index is 2.18. The second-order valence-electron chi connectivity index (χ2n) is 3.81. The summed E-state index contributed by atoms with van der Waals surface area (Å²) in [5, 5.41) is 1.58. The van der Waals surface area contributed by atoms with Gasteiger partial charge in [0.05, 0.1) is 6.61 Å². The number of carbonyl (C=O) groups is 1. The number of benzene rings is 1. The average molecular weight is 245 g/mol. The molecular formula is C13H11NO4. The number of rotatable bonds is 2. The molecule has 92 valence electrons. The molecule has 1 aromatic carbocycles. The molecule has 0 N–H and O–H groups in total. The minimum Gasteiger partial charge on any atom is -0.461 e. The van der Waals surface area contributed by atoms with Gasteiger partial charge in [0.1, 0.15) is 0 Å². The van der Waals surface area contributed by atoms with Crippen LogP contribution in [0, 0.1) is 0 Å². The van der Waals surface area contributed by atoms with E-state index in [-0.39, 0.29) is 6.79 Å². The Kier molecular flexibility index (Phi) is 2.51. The normalized spacial score (nSPS) is 12.7. The second kappa shape index (κ2) is 4.18. The summed E-state index contributed by atoms with van der Waals surface area (Å²) < 4.78 is 15.6. The van der Waals surface area contributed by atoms with Crippen LogP contribution in [0.2, 0.25) is 0 Å². The van der Waals surface area contributed by atoms with Gasteiger partial charge in [-0.15, -0.1) is 0 Å². The standard InChI is InChI=1S/C13H11NO4/c1-2-16-13(15)12-9-6-11-10(17-7-18-11)5-8(9)3-4-14-12/h3-6H,2,7H2,1H3. The molecule has 2 heterocycles. The average Bonchev–Trinajstić information content (AvgIpc) is 2.82. The van der Waals surface area contributed by atoms with E-state index in [1.54, 1.807) is 19.2 Å². The molecule has 2 aromatic rings. The molecule has 3 rings (SSSR count). The number of aromatic nitrogens is 1. The van der Waals surface area contributed by atoms with Crippen molar-refractivity contribution >= 4 is 16.7 Å². The van der Waals surface area contributed by atoms with Crippen molar-refractivity contribution in [1.29, 1.82) is 0 Å². The Bertz CT molecular complexity index is 624. The van der Waals surface area contributed by atoms with Gasteiger partial charge in [-0.2, -0.15) is 0 Å². The number of pyridine rings is 1. The van der Waals surface area contributed by atoms with E-state index in [1.165, 1.54) is 0 Å². The number of fused-ring (bicyclic) bond motifs is 2. The highest BCUT2D eigenvalue weighted by atomic mass is 16.7. The molecule has 0 fully saturated rings. The predicted octanol–water partition coefficient (Wildman–Crippen LogP) is 2.14. The van der Waals surface area contributed by atoms with Crippen molar-refractivity contribution in [3.63, 3.8) is 0 Å². The highest BCUT2D eigenvalue weighted by molar-refractivity contribution is 6.03. The minimum absolute atomic E-state index is 0.202. The van der Waals surface area contributed by atoms with Gasteiger partial charge in [0, 0.05) is 11.6 Å². The van der Waals surface area contributed by atoms with E-state index in [2.05, 4.69) is 4.98 Å². The SMILES string of the molecule is CCOC(=O)c1nccc2cc3c(cc12)OCO3. The Morgan fingerprint density at radius 2 is 2.17 bits per heavy atom. The number of hydrogen-bond acceptors (Lipinski definition) is 5. The van der Waals surface area contributed by atoms with Gasteiger partial charge in [0.2, 0.25) is 6.79 Å². The Hall–Kier alpha value is -2.30. The van der Waals surface area contributed by atoms with E-state index >= 15 is 0 Å². The summed E-state index contributed by atoms with van der Waals surface area (Å²) >= 11 is 0. The van der Waals surface area contributed by atoms with Crippen molar-refractivity contribution < 1.29 is 19.0 Å². The smallest absolute Gasteiger partial charge is 0.357 e. The lowest BCUT2D eigenvalue weighted by Crippen LogP contribution is -2.07. The number of carbonyl (C=O) groups excluding carboxylic acids is 1. The van der Waals surface area contributed by atoms with Gasteiger partial charge in [0.15, 0.2) is 17.2 Å². The maximum Gasteiger partial charge on any atom is 0.357 e. The van der Waals surface area contributed by atoms with Gasteiger partial charge in [-0.05, 0) is 30.5 Å². The molecule has 1 aliphatic rings. The highest BCUT2D eigenvalue weighted by Gasteiger charge is 2.18. The number of ether oxygens (including phenoxy) is 3. The Labute approximate surface area is 103 Å². The molecule has 0 unspecified atom stereocenters. The second-order valence-corrected chi connectivity index (χ2v) is 3.81. The van der Waals surface area contributed by atoms with Crippen LogP contribution in [0.15, 0.2) is 24.4 Å². The third-order valence-corrected chi connectivity index (χ3v) is 2.73. The van der Waals surface area contributed by atoms with Crippen LogP contribution < -0.4 is 9.47 Å². The van der Waals surface area contributed by atoms with Gasteiger partial charge in [-0.1, -0.05) is 0 Å². The molecule has 0 aliphatic carbocycles. The van der Waals surface area contributed by atoms with Crippen LogP contribution in [0.4, 0.5) is 0 Å². The maximum absolute atomic E-state index is 11.8. The van der Waals surface area contributed by atoms with Crippen molar-refractivity contribution in [2.45, 2.75) is 6.92 Å². The summed E-state index contributed by atoms with van der Waals surface area (Å²) in [6.07, 6.45) is 1.58. The predicted molar refractivity (Wildman–Crippen MR) is 63.8 cm³/mol. The molecule has 0 amide bonds. The van der Waals surface area contributed by atoms with E-state index in [4.69, 9.17) is 14.2 Å². The molecule has 5 heteroatoms. The lowest BCUT2D eigenvalue weighted by Gasteiger charge is -2.06. The third kappa shape index (κ3) is 1.64. The van der Waals surface area contributed by atoms with Crippen LogP contribution in [-0.2, 0) is 4.74 Å². The molecule has 5 nitrogen and oxygen atoms in total. The van der Waals surface area contributed by atoms with Crippen molar-refractivity contribution in [2.24, 2.45) is 0 Å². The summed E-state index contributed by atoms with van der Waals surface area (Å²) in [4.78, 5) is 15.9. The van der Waals surface area contributed by atoms with Crippen LogP contribution in [0.5, 0.6) is 11.5 Å². The lowest BCUT2D eigenvalue weighted by atomic mass is 10.1. The molecular weight excluding hydrogens is 234 g/mol. The van der Waals surface area contributed by atoms with E-state index in [0.29, 0.717) is 29.2 Å². The van der Waals surface area contributed by atoms with Crippen LogP contribution >= 0.6 is 0 Å². The lowest BCUT2D eigenvalue weighted by molar-refractivity contribution is 0.0522. The van der Waals surface area contributed by atoms with Gasteiger partial charge < -0.3 is 14.2 Å². The fraction of sp³-hybridized carbons (Fsp3) is 0.231. The number of hydrogen-bond donors (Lipinski definition) is 0. The molecule has 0 saturated heterocycles. The first-order valence-electron chi connectivity index (χ1n) is 5.65. The van der Waals surface area contributed by atoms with Crippen molar-refractivity contribution in [3.05, 3.63) is 30.1 Å². The Morgan fingerprint density at radius 1 is 1.39 bits per heavy atom. The molecule has 0 spiro atoms. The van der Waals surface area contributed by atoms with Crippen LogP contribution in [0.25, 0.3) is 10.8 Å². The maximum atomic E-state index is 11.8. The summed E-state index contributed by atoms with van der Waals surface area (Å²) in [6, 6.07) is 5.42. The molecule has 1 aliphatic heterocycles. The molecule has 0 atom stereocenters. The third-order valence-electron chi connectivity index (χ3n) is 2.73. The number of esters is 1. The highest BCUT2D eigenvalue weighted by Crippen LogP contribution is 2.36. The fourth-order valence-corrected chi connectivity index (χ4v) is 1.92. The van der Waals surface area contributed by atoms with Crippen LogP contribution in [-0.4, -0.2) is 24.4 Å². The minimum atomic E-state index is -0.429. The quantitative estimate of drug-likeness (QED) is 0.759. The van der Waals surface area contributed by atoms with E-state index in [1.807, 2.05) is 12.1 Å². The van der Waals surface area contributed by atoms with Gasteiger partial charge in [-0.25, -0.2) is 9.78 Å². The summed E-state index contributed by atoms with van der Waals surface area (Å²) in [6.45, 7) is 2.28. The van der Waals surface area contributed by atoms with Gasteiger partial charge in [-0.3, -0.25) is 0 Å². The zero-order valence-electron chi connectivity index (χ0n) is 9.80. The first kappa shape index (κ1) is 10.8. The molecule has 1 aromatic heterocycles. The molecule has 0 radical (unpaired) electrons. The van der Waals surface area contributed by atoms with Gasteiger partial charge in [0.25, 0.3) is 0 Å². The summed E-state index contributed by atoms with van der Waals surface area (Å²) in [7, 11) is 0. The summed E-state index contributed by atoms with van der Waals surface area (Å²) in [5.74, 6) is 0.881. The van der Waals surface area contributed by atoms with Crippen LogP contribution in [0.1, 0.15) is 17.4 Å². The fourth-order valence-electron chi connectivity index (χ4n) is 1.92. The molecule has 0 bridgehead atoms. The first-order chi connectivity index (χ1) is 8.79. The summed E-state index contributed by atoms with van der Waals surface area (Å²) in [5.41, 5.74) is 0.299. The molecule has 18 heavy (non-hydrogen) atoms. The van der Waals surface area contributed by atoms with Gasteiger partial charge >= 0.3 is 5.97 Å². The van der Waals surface area contributed by atoms with Crippen molar-refractivity contribution in [1.82, 2.24) is 4.98 Å². The van der Waals surface area contributed by atoms with E-state index < -0.39 is 5.97 Å². The largest absolute Gasteiger partial charge is 0.461 e. The zero-order valence-corrected chi connectivity index (χ0v) is 9.80. The van der Waals surface area contributed by atoms with E-state index in [0.717, 1.165) is 5.39 Å². The molecule has 0 saturated carbocycles. The monoisotopic (exact) mass is 245 g/mol. The van der Waals surface area contributed by atoms with Crippen molar-refractivity contribution in [2.75, 3.05) is 13.4 Å². The topological polar surface area (TPSA) is 57.7 Å². The first-order valence-corrected chi connectivity index (χ1v) is 5.65. The Morgan fingerprint density at radius 3 is 2.94 bits per heavy atom.